The summed E-state index contributed by atoms with van der Waals surface area (Å²) in [4.78, 5) is 0. The molecule has 0 aliphatic rings. The van der Waals surface area contributed by atoms with Gasteiger partial charge in [-0.25, -0.2) is 0 Å². The van der Waals surface area contributed by atoms with Crippen LogP contribution in [0.15, 0.2) is 60.7 Å². The Morgan fingerprint density at radius 3 is 2.00 bits per heavy atom. The van der Waals surface area contributed by atoms with Crippen molar-refractivity contribution in [3.63, 3.8) is 0 Å². The number of hydrogen-bond acceptors (Lipinski definition) is 2. The maximum absolute atomic E-state index is 10.6. The predicted octanol–water partition coefficient (Wildman–Crippen LogP) is 2.29. The van der Waals surface area contributed by atoms with Crippen molar-refractivity contribution in [3.05, 3.63) is 71.8 Å². The van der Waals surface area contributed by atoms with Crippen LogP contribution >= 0.6 is 0 Å². The molecule has 2 aromatic rings. The van der Waals surface area contributed by atoms with Gasteiger partial charge in [0.05, 0.1) is 0 Å². The van der Waals surface area contributed by atoms with Crippen molar-refractivity contribution >= 4 is 0 Å². The zero-order chi connectivity index (χ0) is 12.1. The molecule has 17 heavy (non-hydrogen) atoms. The lowest BCUT2D eigenvalue weighted by atomic mass is 9.95. The number of likely N-dealkylation sites (N-methyl/N-ethyl adjacent to an activating group) is 1. The maximum atomic E-state index is 10.6. The normalized spacial score (nSPS) is 14.2. The Bertz CT molecular complexity index is 455. The molecule has 0 spiro atoms. The molecule has 0 amide bonds. The lowest BCUT2D eigenvalue weighted by Crippen LogP contribution is -2.41. The Balaban J connectivity index is 2.27. The fourth-order valence-corrected chi connectivity index (χ4v) is 1.94. The quantitative estimate of drug-likeness (QED) is 0.785. The Morgan fingerprint density at radius 2 is 1.47 bits per heavy atom. The Morgan fingerprint density at radius 1 is 0.941 bits per heavy atom. The standard InChI is InChI=1S/C15H17NO/c1-16-15(17,14-10-6-3-7-11-14)12-13-8-4-2-5-9-13/h2-11,16-17H,12H2,1H3. The molecule has 2 nitrogen and oxygen atoms in total. The molecule has 0 aliphatic heterocycles. The van der Waals surface area contributed by atoms with Gasteiger partial charge in [-0.3, -0.25) is 5.32 Å². The Kier molecular flexibility index (Phi) is 3.57. The molecule has 0 bridgehead atoms. The van der Waals surface area contributed by atoms with Crippen LogP contribution in [0.5, 0.6) is 0 Å². The van der Waals surface area contributed by atoms with E-state index in [1.165, 1.54) is 0 Å². The van der Waals surface area contributed by atoms with Gasteiger partial charge in [-0.1, -0.05) is 60.7 Å². The van der Waals surface area contributed by atoms with E-state index in [-0.39, 0.29) is 0 Å². The summed E-state index contributed by atoms with van der Waals surface area (Å²) in [5.74, 6) is 0. The van der Waals surface area contributed by atoms with Crippen molar-refractivity contribution in [3.8, 4) is 0 Å². The Hall–Kier alpha value is -1.64. The van der Waals surface area contributed by atoms with Crippen LogP contribution in [0.4, 0.5) is 0 Å². The van der Waals surface area contributed by atoms with Crippen LogP contribution in [0.3, 0.4) is 0 Å². The topological polar surface area (TPSA) is 32.3 Å². The van der Waals surface area contributed by atoms with Crippen molar-refractivity contribution in [2.45, 2.75) is 12.1 Å². The van der Waals surface area contributed by atoms with Crippen LogP contribution < -0.4 is 5.32 Å². The molecule has 1 unspecified atom stereocenters. The zero-order valence-corrected chi connectivity index (χ0v) is 9.93. The van der Waals surface area contributed by atoms with Gasteiger partial charge in [0.1, 0.15) is 5.72 Å². The highest BCUT2D eigenvalue weighted by atomic mass is 16.3. The largest absolute Gasteiger partial charge is 0.371 e. The molecule has 88 valence electrons. The highest BCUT2D eigenvalue weighted by Crippen LogP contribution is 2.22. The minimum Gasteiger partial charge on any atom is -0.371 e. The van der Waals surface area contributed by atoms with E-state index < -0.39 is 5.72 Å². The van der Waals surface area contributed by atoms with Gasteiger partial charge in [-0.05, 0) is 18.2 Å². The first-order valence-electron chi connectivity index (χ1n) is 5.75. The fraction of sp³-hybridized carbons (Fsp3) is 0.200. The predicted molar refractivity (Wildman–Crippen MR) is 69.5 cm³/mol. The minimum absolute atomic E-state index is 0.550. The van der Waals surface area contributed by atoms with E-state index in [1.807, 2.05) is 60.7 Å². The zero-order valence-electron chi connectivity index (χ0n) is 9.93. The summed E-state index contributed by atoms with van der Waals surface area (Å²) in [6, 6.07) is 19.7. The lowest BCUT2D eigenvalue weighted by molar-refractivity contribution is 0.00833. The highest BCUT2D eigenvalue weighted by Gasteiger charge is 2.26. The third-order valence-corrected chi connectivity index (χ3v) is 2.97. The number of nitrogens with one attached hydrogen (secondary N) is 1. The van der Waals surface area contributed by atoms with Crippen LogP contribution in [0.1, 0.15) is 11.1 Å². The van der Waals surface area contributed by atoms with Gasteiger partial charge in [-0.15, -0.1) is 0 Å². The summed E-state index contributed by atoms with van der Waals surface area (Å²) < 4.78 is 0. The van der Waals surface area contributed by atoms with E-state index in [0.29, 0.717) is 6.42 Å². The van der Waals surface area contributed by atoms with E-state index in [1.54, 1.807) is 7.05 Å². The SMILES string of the molecule is CNC(O)(Cc1ccccc1)c1ccccc1. The van der Waals surface area contributed by atoms with E-state index in [2.05, 4.69) is 5.32 Å². The lowest BCUT2D eigenvalue weighted by Gasteiger charge is -2.28. The van der Waals surface area contributed by atoms with Gasteiger partial charge in [0.2, 0.25) is 0 Å². The molecule has 0 aromatic heterocycles. The van der Waals surface area contributed by atoms with Gasteiger partial charge in [-0.2, -0.15) is 0 Å². The number of hydrogen-bond donors (Lipinski definition) is 2. The molecule has 2 heteroatoms. The smallest absolute Gasteiger partial charge is 0.145 e. The molecule has 0 heterocycles. The number of benzene rings is 2. The van der Waals surface area contributed by atoms with Crippen LogP contribution in [0.2, 0.25) is 0 Å². The molecule has 0 fully saturated rings. The average Bonchev–Trinajstić information content (AvgIpc) is 2.41. The third kappa shape index (κ3) is 2.73. The van der Waals surface area contributed by atoms with Gasteiger partial charge in [0, 0.05) is 6.42 Å². The van der Waals surface area contributed by atoms with Crippen molar-refractivity contribution in [2.24, 2.45) is 0 Å². The number of rotatable bonds is 4. The second kappa shape index (κ2) is 5.13. The molecule has 2 N–H and O–H groups in total. The first-order valence-corrected chi connectivity index (χ1v) is 5.75. The summed E-state index contributed by atoms with van der Waals surface area (Å²) in [6.07, 6.45) is 0.550. The second-order valence-electron chi connectivity index (χ2n) is 4.14. The van der Waals surface area contributed by atoms with Crippen LogP contribution in [-0.4, -0.2) is 12.2 Å². The van der Waals surface area contributed by atoms with Crippen molar-refractivity contribution in [1.29, 1.82) is 0 Å². The summed E-state index contributed by atoms with van der Waals surface area (Å²) in [6.45, 7) is 0. The van der Waals surface area contributed by atoms with E-state index in [0.717, 1.165) is 11.1 Å². The molecule has 1 atom stereocenters. The van der Waals surface area contributed by atoms with Crippen molar-refractivity contribution < 1.29 is 5.11 Å². The molecule has 0 saturated carbocycles. The first kappa shape index (κ1) is 11.8. The molecule has 2 rings (SSSR count). The summed E-state index contributed by atoms with van der Waals surface area (Å²) in [5.41, 5.74) is 0.974. The molecular weight excluding hydrogens is 210 g/mol. The Labute approximate surface area is 102 Å². The van der Waals surface area contributed by atoms with Gasteiger partial charge in [0.15, 0.2) is 0 Å². The van der Waals surface area contributed by atoms with Gasteiger partial charge in [0.25, 0.3) is 0 Å². The maximum Gasteiger partial charge on any atom is 0.145 e. The van der Waals surface area contributed by atoms with Crippen LogP contribution in [0, 0.1) is 0 Å². The molecule has 0 radical (unpaired) electrons. The monoisotopic (exact) mass is 227 g/mol. The molecule has 0 saturated heterocycles. The highest BCUT2D eigenvalue weighted by molar-refractivity contribution is 5.26. The van der Waals surface area contributed by atoms with E-state index in [4.69, 9.17) is 0 Å². The van der Waals surface area contributed by atoms with E-state index in [9.17, 15) is 5.11 Å². The van der Waals surface area contributed by atoms with Crippen molar-refractivity contribution in [1.82, 2.24) is 5.32 Å². The summed E-state index contributed by atoms with van der Waals surface area (Å²) in [7, 11) is 1.77. The van der Waals surface area contributed by atoms with Gasteiger partial charge >= 0.3 is 0 Å². The molecular formula is C15H17NO. The third-order valence-electron chi connectivity index (χ3n) is 2.97. The first-order chi connectivity index (χ1) is 8.24. The summed E-state index contributed by atoms with van der Waals surface area (Å²) >= 11 is 0. The summed E-state index contributed by atoms with van der Waals surface area (Å²) in [5, 5.41) is 13.6. The van der Waals surface area contributed by atoms with Crippen LogP contribution in [-0.2, 0) is 12.1 Å². The molecule has 2 aromatic carbocycles. The van der Waals surface area contributed by atoms with Crippen molar-refractivity contribution in [2.75, 3.05) is 7.05 Å². The minimum atomic E-state index is -1.01. The number of aliphatic hydroxyl groups is 1. The second-order valence-corrected chi connectivity index (χ2v) is 4.14. The van der Waals surface area contributed by atoms with Crippen LogP contribution in [0.25, 0.3) is 0 Å². The van der Waals surface area contributed by atoms with Gasteiger partial charge < -0.3 is 5.11 Å². The average molecular weight is 227 g/mol. The van der Waals surface area contributed by atoms with E-state index >= 15 is 0 Å². The molecule has 0 aliphatic carbocycles. The fourth-order valence-electron chi connectivity index (χ4n) is 1.94.